The van der Waals surface area contributed by atoms with E-state index in [9.17, 15) is 19.5 Å². The molecule has 44 heavy (non-hydrogen) atoms. The van der Waals surface area contributed by atoms with E-state index in [1.165, 1.54) is 4.90 Å². The van der Waals surface area contributed by atoms with Crippen molar-refractivity contribution in [3.8, 4) is 0 Å². The zero-order valence-corrected chi connectivity index (χ0v) is 24.6. The number of likely N-dealkylation sites (tertiary alicyclic amines) is 1. The van der Waals surface area contributed by atoms with Crippen molar-refractivity contribution in [3.63, 3.8) is 0 Å². The zero-order chi connectivity index (χ0) is 30.6. The van der Waals surface area contributed by atoms with Crippen molar-refractivity contribution in [2.45, 2.75) is 43.6 Å². The second-order valence-electron chi connectivity index (χ2n) is 12.5. The zero-order valence-electron chi connectivity index (χ0n) is 24.6. The third-order valence-electron chi connectivity index (χ3n) is 10.0. The molecular formula is C36H35N3O5. The van der Waals surface area contributed by atoms with Crippen LogP contribution in [0.5, 0.6) is 0 Å². The molecule has 3 heterocycles. The highest BCUT2D eigenvalue weighted by Gasteiger charge is 2.80. The van der Waals surface area contributed by atoms with E-state index in [1.807, 2.05) is 105 Å². The molecule has 3 aliphatic heterocycles. The number of nitrogens with zero attached hydrogens (tertiary/aromatic N) is 1. The van der Waals surface area contributed by atoms with Gasteiger partial charge >= 0.3 is 0 Å². The lowest BCUT2D eigenvalue weighted by Crippen LogP contribution is -2.54. The van der Waals surface area contributed by atoms with Gasteiger partial charge in [-0.15, -0.1) is 0 Å². The summed E-state index contributed by atoms with van der Waals surface area (Å²) in [6, 6.07) is 30.0. The van der Waals surface area contributed by atoms with E-state index in [2.05, 4.69) is 10.6 Å². The summed E-state index contributed by atoms with van der Waals surface area (Å²) in [5, 5.41) is 18.8. The number of para-hydroxylation sites is 1. The van der Waals surface area contributed by atoms with Gasteiger partial charge in [0.2, 0.25) is 17.7 Å². The average molecular weight is 590 g/mol. The Labute approximate surface area is 256 Å². The highest BCUT2D eigenvalue weighted by Crippen LogP contribution is 2.66. The largest absolute Gasteiger partial charge is 0.394 e. The molecule has 4 aromatic rings. The predicted octanol–water partition coefficient (Wildman–Crippen LogP) is 5.16. The van der Waals surface area contributed by atoms with E-state index in [1.54, 1.807) is 12.1 Å². The molecule has 3 saturated heterocycles. The van der Waals surface area contributed by atoms with Crippen molar-refractivity contribution in [1.29, 1.82) is 0 Å². The number of aliphatic hydroxyl groups excluding tert-OH is 1. The summed E-state index contributed by atoms with van der Waals surface area (Å²) in [4.78, 5) is 44.7. The van der Waals surface area contributed by atoms with Crippen LogP contribution in [0.15, 0.2) is 103 Å². The van der Waals surface area contributed by atoms with E-state index in [4.69, 9.17) is 4.74 Å². The Morgan fingerprint density at radius 1 is 0.886 bits per heavy atom. The Morgan fingerprint density at radius 3 is 2.23 bits per heavy atom. The number of benzene rings is 4. The first-order valence-electron chi connectivity index (χ1n) is 15.1. The summed E-state index contributed by atoms with van der Waals surface area (Å²) in [7, 11) is 0. The fraction of sp³-hybridized carbons (Fsp3) is 0.306. The second-order valence-corrected chi connectivity index (χ2v) is 12.5. The maximum absolute atomic E-state index is 14.7. The van der Waals surface area contributed by atoms with Gasteiger partial charge in [-0.05, 0) is 59.9 Å². The topological polar surface area (TPSA) is 108 Å². The summed E-state index contributed by atoms with van der Waals surface area (Å²) in [6.45, 7) is 3.50. The fourth-order valence-electron chi connectivity index (χ4n) is 7.96. The predicted molar refractivity (Wildman–Crippen MR) is 168 cm³/mol. The van der Waals surface area contributed by atoms with E-state index in [-0.39, 0.29) is 17.7 Å². The van der Waals surface area contributed by atoms with Gasteiger partial charge in [-0.2, -0.15) is 0 Å². The lowest BCUT2D eigenvalue weighted by molar-refractivity contribution is -0.148. The van der Waals surface area contributed by atoms with Crippen LogP contribution in [0, 0.1) is 17.8 Å². The molecule has 7 atom stereocenters. The summed E-state index contributed by atoms with van der Waals surface area (Å²) < 4.78 is 6.86. The van der Waals surface area contributed by atoms with Crippen molar-refractivity contribution in [2.24, 2.45) is 17.8 Å². The number of carbonyl (C=O) groups is 3. The van der Waals surface area contributed by atoms with Crippen LogP contribution in [0.3, 0.4) is 0 Å². The van der Waals surface area contributed by atoms with Gasteiger partial charge in [0.05, 0.1) is 30.1 Å². The van der Waals surface area contributed by atoms with E-state index < -0.39 is 47.6 Å². The van der Waals surface area contributed by atoms with E-state index >= 15 is 0 Å². The molecule has 0 aromatic heterocycles. The minimum atomic E-state index is -1.26. The van der Waals surface area contributed by atoms with Gasteiger partial charge in [0, 0.05) is 11.4 Å². The smallest absolute Gasteiger partial charge is 0.250 e. The molecule has 3 fully saturated rings. The number of amides is 3. The second kappa shape index (κ2) is 10.6. The summed E-state index contributed by atoms with van der Waals surface area (Å²) in [6.07, 6.45) is 0.425. The van der Waals surface area contributed by atoms with Crippen LogP contribution in [-0.4, -0.2) is 51.6 Å². The SMILES string of the molecule is CC1CC23O[C@@]1(C)[C@H](C(=O)Nc1ccccc1)[C@H]2C(=O)N([C@H](CO)c1ccccc1)C3C(=O)Nc1ccc2ccccc2c1. The normalized spacial score (nSPS) is 29.4. The minimum Gasteiger partial charge on any atom is -0.394 e. The molecule has 3 N–H and O–H groups in total. The molecule has 0 aliphatic carbocycles. The van der Waals surface area contributed by atoms with Gasteiger partial charge in [-0.3, -0.25) is 14.4 Å². The number of rotatable bonds is 7. The number of nitrogens with one attached hydrogen (secondary N) is 2. The van der Waals surface area contributed by atoms with E-state index in [0.29, 0.717) is 23.4 Å². The number of hydrogen-bond donors (Lipinski definition) is 3. The van der Waals surface area contributed by atoms with Crippen molar-refractivity contribution in [2.75, 3.05) is 17.2 Å². The molecule has 2 bridgehead atoms. The number of carbonyl (C=O) groups excluding carboxylic acids is 3. The Bertz CT molecular complexity index is 1750. The van der Waals surface area contributed by atoms with Crippen molar-refractivity contribution >= 4 is 39.9 Å². The number of fused-ring (bicyclic) bond motifs is 2. The quantitative estimate of drug-likeness (QED) is 0.276. The molecule has 3 unspecified atom stereocenters. The van der Waals surface area contributed by atoms with Crippen LogP contribution < -0.4 is 10.6 Å². The molecule has 4 aromatic carbocycles. The summed E-state index contributed by atoms with van der Waals surface area (Å²) >= 11 is 0. The molecule has 224 valence electrons. The van der Waals surface area contributed by atoms with Crippen LogP contribution in [0.1, 0.15) is 31.9 Å². The van der Waals surface area contributed by atoms with Gasteiger partial charge in [-0.25, -0.2) is 0 Å². The van der Waals surface area contributed by atoms with Crippen LogP contribution in [-0.2, 0) is 19.1 Å². The molecule has 0 saturated carbocycles. The van der Waals surface area contributed by atoms with Gasteiger partial charge in [0.25, 0.3) is 0 Å². The van der Waals surface area contributed by atoms with Crippen LogP contribution >= 0.6 is 0 Å². The number of anilines is 2. The maximum Gasteiger partial charge on any atom is 0.250 e. The lowest BCUT2D eigenvalue weighted by atomic mass is 9.62. The highest BCUT2D eigenvalue weighted by molar-refractivity contribution is 6.06. The fourth-order valence-corrected chi connectivity index (χ4v) is 7.96. The Kier molecular flexibility index (Phi) is 6.79. The van der Waals surface area contributed by atoms with E-state index in [0.717, 1.165) is 10.8 Å². The first kappa shape index (κ1) is 28.3. The standard InChI is InChI=1S/C36H35N3O5/c1-22-20-36-30(29(35(22,2)44-36)32(41)37-26-15-7-4-8-16-26)34(43)39(28(21-40)24-12-5-3-6-13-24)31(36)33(42)38-27-18-17-23-11-9-10-14-25(23)19-27/h3-19,22,28-31,40H,20-21H2,1-2H3,(H,37,41)(H,38,42)/t22?,28-,29+,30+,31?,35-,36?/m1/s1. The number of aliphatic hydroxyl groups is 1. The van der Waals surface area contributed by atoms with Crippen molar-refractivity contribution in [1.82, 2.24) is 4.90 Å². The van der Waals surface area contributed by atoms with Gasteiger partial charge in [0.15, 0.2) is 0 Å². The average Bonchev–Trinajstić information content (AvgIpc) is 3.55. The molecule has 7 rings (SSSR count). The number of hydrogen-bond acceptors (Lipinski definition) is 5. The monoisotopic (exact) mass is 589 g/mol. The first-order valence-corrected chi connectivity index (χ1v) is 15.1. The Balaban J connectivity index is 1.32. The Hall–Kier alpha value is -4.53. The van der Waals surface area contributed by atoms with Crippen LogP contribution in [0.25, 0.3) is 10.8 Å². The van der Waals surface area contributed by atoms with Crippen molar-refractivity contribution < 1.29 is 24.2 Å². The highest BCUT2D eigenvalue weighted by atomic mass is 16.5. The molecule has 8 heteroatoms. The van der Waals surface area contributed by atoms with Crippen molar-refractivity contribution in [3.05, 3.63) is 109 Å². The third kappa shape index (κ3) is 4.24. The maximum atomic E-state index is 14.7. The van der Waals surface area contributed by atoms with Gasteiger partial charge in [0.1, 0.15) is 11.6 Å². The van der Waals surface area contributed by atoms with Crippen LogP contribution in [0.2, 0.25) is 0 Å². The Morgan fingerprint density at radius 2 is 1.52 bits per heavy atom. The molecule has 1 spiro atoms. The molecule has 3 aliphatic rings. The van der Waals surface area contributed by atoms with Gasteiger partial charge < -0.3 is 25.4 Å². The molecule has 3 amide bonds. The minimum absolute atomic E-state index is 0.113. The lowest BCUT2D eigenvalue weighted by Gasteiger charge is -2.37. The first-order chi connectivity index (χ1) is 21.3. The molecule has 0 radical (unpaired) electrons. The summed E-state index contributed by atoms with van der Waals surface area (Å²) in [5.41, 5.74) is -0.314. The molecular weight excluding hydrogens is 554 g/mol. The summed E-state index contributed by atoms with van der Waals surface area (Å²) in [5.74, 6) is -2.95. The number of ether oxygens (including phenoxy) is 1. The third-order valence-corrected chi connectivity index (χ3v) is 10.0. The van der Waals surface area contributed by atoms with Gasteiger partial charge in [-0.1, -0.05) is 85.8 Å². The van der Waals surface area contributed by atoms with Crippen LogP contribution in [0.4, 0.5) is 11.4 Å². The molecule has 8 nitrogen and oxygen atoms in total.